The summed E-state index contributed by atoms with van der Waals surface area (Å²) in [5, 5.41) is 0. The van der Waals surface area contributed by atoms with Crippen molar-refractivity contribution in [3.8, 4) is 0 Å². The van der Waals surface area contributed by atoms with Gasteiger partial charge in [-0.2, -0.15) is 0 Å². The van der Waals surface area contributed by atoms with E-state index in [0.29, 0.717) is 0 Å². The summed E-state index contributed by atoms with van der Waals surface area (Å²) in [5.41, 5.74) is 0. The molecule has 0 nitrogen and oxygen atoms in total. The van der Waals surface area contributed by atoms with Gasteiger partial charge in [0.25, 0.3) is 0 Å². The van der Waals surface area contributed by atoms with Crippen LogP contribution in [0.25, 0.3) is 0 Å². The maximum atomic E-state index is 3.97. The van der Waals surface area contributed by atoms with E-state index in [4.69, 9.17) is 0 Å². The fourth-order valence-corrected chi connectivity index (χ4v) is 5.17. The Morgan fingerprint density at radius 1 is 0.714 bits per heavy atom. The van der Waals surface area contributed by atoms with Gasteiger partial charge in [-0.3, -0.25) is 0 Å². The second-order valence-electron chi connectivity index (χ2n) is 8.22. The molecule has 3 aliphatic rings. The fraction of sp³-hybridized carbons (Fsp3) is 0.810. The van der Waals surface area contributed by atoms with Crippen LogP contribution in [0, 0.1) is 35.5 Å². The molecule has 0 bridgehead atoms. The molecule has 0 amide bonds. The van der Waals surface area contributed by atoms with E-state index in [-0.39, 0.29) is 0 Å². The van der Waals surface area contributed by atoms with Crippen LogP contribution in [0.4, 0.5) is 0 Å². The van der Waals surface area contributed by atoms with Gasteiger partial charge in [0.1, 0.15) is 0 Å². The number of hydrogen-bond acceptors (Lipinski definition) is 0. The van der Waals surface area contributed by atoms with E-state index >= 15 is 0 Å². The summed E-state index contributed by atoms with van der Waals surface area (Å²) >= 11 is 0. The zero-order chi connectivity index (χ0) is 14.7. The Morgan fingerprint density at radius 3 is 1.62 bits per heavy atom. The van der Waals surface area contributed by atoms with Crippen molar-refractivity contribution in [1.29, 1.82) is 0 Å². The lowest BCUT2D eigenvalue weighted by atomic mass is 9.68. The predicted octanol–water partition coefficient (Wildman–Crippen LogP) is 6.39. The standard InChI is InChI=1S/C21H34/c1-3-17-6-10-19(11-7-17)21-14-12-20(13-15-21)18-8-4-16(2)5-9-18/h3,12,14,16-21H,1,4-11,13,15H2,2H3. The average Bonchev–Trinajstić information content (AvgIpc) is 2.56. The Kier molecular flexibility index (Phi) is 5.24. The molecule has 0 aromatic heterocycles. The second kappa shape index (κ2) is 7.16. The van der Waals surface area contributed by atoms with Gasteiger partial charge in [-0.1, -0.05) is 38.0 Å². The SMILES string of the molecule is C=CC1CCC(C2C=CC(C3CCC(C)CC3)CC2)CC1. The topological polar surface area (TPSA) is 0 Å². The van der Waals surface area contributed by atoms with Crippen molar-refractivity contribution in [2.24, 2.45) is 35.5 Å². The van der Waals surface area contributed by atoms with E-state index in [1.807, 2.05) is 0 Å². The van der Waals surface area contributed by atoms with E-state index in [0.717, 1.165) is 35.5 Å². The molecular formula is C21H34. The minimum atomic E-state index is 0.811. The van der Waals surface area contributed by atoms with Crippen molar-refractivity contribution in [2.45, 2.75) is 71.1 Å². The van der Waals surface area contributed by atoms with Crippen molar-refractivity contribution in [3.63, 3.8) is 0 Å². The largest absolute Gasteiger partial charge is 0.103 e. The maximum absolute atomic E-state index is 3.97. The Morgan fingerprint density at radius 2 is 1.19 bits per heavy atom. The lowest BCUT2D eigenvalue weighted by Gasteiger charge is -2.37. The molecule has 0 aliphatic heterocycles. The van der Waals surface area contributed by atoms with Crippen molar-refractivity contribution in [2.75, 3.05) is 0 Å². The van der Waals surface area contributed by atoms with Crippen LogP contribution in [-0.4, -0.2) is 0 Å². The number of allylic oxidation sites excluding steroid dienone is 3. The smallest absolute Gasteiger partial charge is 0.0205 e. The summed E-state index contributed by atoms with van der Waals surface area (Å²) in [4.78, 5) is 0. The monoisotopic (exact) mass is 286 g/mol. The summed E-state index contributed by atoms with van der Waals surface area (Å²) in [6.45, 7) is 6.41. The Labute approximate surface area is 132 Å². The molecule has 0 saturated heterocycles. The fourth-order valence-electron chi connectivity index (χ4n) is 5.17. The van der Waals surface area contributed by atoms with E-state index < -0.39 is 0 Å². The van der Waals surface area contributed by atoms with Gasteiger partial charge in [0.15, 0.2) is 0 Å². The molecule has 0 spiro atoms. The molecule has 118 valence electrons. The van der Waals surface area contributed by atoms with Crippen LogP contribution in [0.5, 0.6) is 0 Å². The van der Waals surface area contributed by atoms with Crippen LogP contribution in [0.3, 0.4) is 0 Å². The first-order valence-corrected chi connectivity index (χ1v) is 9.57. The summed E-state index contributed by atoms with van der Waals surface area (Å²) in [5.74, 6) is 5.60. The van der Waals surface area contributed by atoms with Crippen molar-refractivity contribution < 1.29 is 0 Å². The number of rotatable bonds is 3. The molecule has 0 aromatic carbocycles. The first kappa shape index (κ1) is 15.4. The molecule has 2 saturated carbocycles. The Bertz CT molecular complexity index is 350. The van der Waals surface area contributed by atoms with Gasteiger partial charge in [0.05, 0.1) is 0 Å². The predicted molar refractivity (Wildman–Crippen MR) is 92.1 cm³/mol. The zero-order valence-electron chi connectivity index (χ0n) is 14.0. The highest BCUT2D eigenvalue weighted by Gasteiger charge is 2.30. The van der Waals surface area contributed by atoms with E-state index in [2.05, 4.69) is 31.7 Å². The lowest BCUT2D eigenvalue weighted by molar-refractivity contribution is 0.192. The van der Waals surface area contributed by atoms with E-state index in [1.165, 1.54) is 64.2 Å². The van der Waals surface area contributed by atoms with Crippen molar-refractivity contribution in [3.05, 3.63) is 24.8 Å². The zero-order valence-corrected chi connectivity index (χ0v) is 14.0. The molecule has 0 radical (unpaired) electrons. The van der Waals surface area contributed by atoms with Crippen LogP contribution in [-0.2, 0) is 0 Å². The third-order valence-corrected chi connectivity index (χ3v) is 6.86. The molecule has 2 atom stereocenters. The van der Waals surface area contributed by atoms with Gasteiger partial charge in [0.2, 0.25) is 0 Å². The normalized spacial score (nSPS) is 44.4. The van der Waals surface area contributed by atoms with Gasteiger partial charge in [-0.05, 0) is 86.9 Å². The third-order valence-electron chi connectivity index (χ3n) is 6.86. The molecular weight excluding hydrogens is 252 g/mol. The molecule has 0 heteroatoms. The Hall–Kier alpha value is -0.520. The van der Waals surface area contributed by atoms with Gasteiger partial charge < -0.3 is 0 Å². The highest BCUT2D eigenvalue weighted by molar-refractivity contribution is 5.03. The first-order chi connectivity index (χ1) is 10.3. The van der Waals surface area contributed by atoms with Crippen LogP contribution in [0.15, 0.2) is 24.8 Å². The van der Waals surface area contributed by atoms with Crippen LogP contribution in [0.2, 0.25) is 0 Å². The minimum Gasteiger partial charge on any atom is -0.103 e. The lowest BCUT2D eigenvalue weighted by Crippen LogP contribution is -2.26. The molecule has 2 unspecified atom stereocenters. The molecule has 21 heavy (non-hydrogen) atoms. The highest BCUT2D eigenvalue weighted by atomic mass is 14.4. The molecule has 3 aliphatic carbocycles. The van der Waals surface area contributed by atoms with Crippen molar-refractivity contribution in [1.82, 2.24) is 0 Å². The highest BCUT2D eigenvalue weighted by Crippen LogP contribution is 2.42. The maximum Gasteiger partial charge on any atom is -0.0205 e. The van der Waals surface area contributed by atoms with Crippen molar-refractivity contribution >= 4 is 0 Å². The molecule has 2 fully saturated rings. The quantitative estimate of drug-likeness (QED) is 0.527. The summed E-state index contributed by atoms with van der Waals surface area (Å²) in [6, 6.07) is 0. The number of hydrogen-bond donors (Lipinski definition) is 0. The summed E-state index contributed by atoms with van der Waals surface area (Å²) in [7, 11) is 0. The molecule has 3 rings (SSSR count). The minimum absolute atomic E-state index is 0.811. The van der Waals surface area contributed by atoms with Crippen LogP contribution >= 0.6 is 0 Å². The van der Waals surface area contributed by atoms with E-state index in [9.17, 15) is 0 Å². The third kappa shape index (κ3) is 3.82. The Balaban J connectivity index is 1.49. The molecule has 0 heterocycles. The molecule has 0 aromatic rings. The van der Waals surface area contributed by atoms with E-state index in [1.54, 1.807) is 0 Å². The second-order valence-corrected chi connectivity index (χ2v) is 8.22. The van der Waals surface area contributed by atoms with Gasteiger partial charge in [-0.25, -0.2) is 0 Å². The van der Waals surface area contributed by atoms with Crippen LogP contribution < -0.4 is 0 Å². The molecule has 0 N–H and O–H groups in total. The first-order valence-electron chi connectivity index (χ1n) is 9.57. The average molecular weight is 287 g/mol. The van der Waals surface area contributed by atoms with Crippen LogP contribution in [0.1, 0.15) is 71.1 Å². The van der Waals surface area contributed by atoms with Gasteiger partial charge in [-0.15, -0.1) is 6.58 Å². The summed E-state index contributed by atoms with van der Waals surface area (Å²) in [6.07, 6.45) is 22.0. The van der Waals surface area contributed by atoms with Gasteiger partial charge >= 0.3 is 0 Å². The van der Waals surface area contributed by atoms with Gasteiger partial charge in [0, 0.05) is 0 Å². The summed E-state index contributed by atoms with van der Waals surface area (Å²) < 4.78 is 0.